The molecule has 0 unspecified atom stereocenters. The summed E-state index contributed by atoms with van der Waals surface area (Å²) >= 11 is 1.72. The zero-order valence-electron chi connectivity index (χ0n) is 74.0. The van der Waals surface area contributed by atoms with Crippen molar-refractivity contribution < 1.29 is 86.9 Å². The second-order valence-electron chi connectivity index (χ2n) is 33.4. The van der Waals surface area contributed by atoms with Crippen molar-refractivity contribution in [1.82, 2.24) is 24.1 Å². The number of aromatic amines is 3. The summed E-state index contributed by atoms with van der Waals surface area (Å²) in [6, 6.07) is 148. The zero-order valence-corrected chi connectivity index (χ0v) is 74.8. The number of fused-ring (bicyclic) bond motifs is 12. The Hall–Kier alpha value is -15.8. The largest absolute Gasteiger partial charge is 1.00 e. The average molecular weight is 1730 g/mol. The van der Waals surface area contributed by atoms with Gasteiger partial charge in [0.05, 0.1) is 37.8 Å². The summed E-state index contributed by atoms with van der Waals surface area (Å²) in [4.78, 5) is 24.7. The van der Waals surface area contributed by atoms with E-state index in [0.717, 1.165) is 209 Å². The number of H-pyrrole nitrogens is 3. The molecule has 11 nitrogen and oxygen atoms in total. The van der Waals surface area contributed by atoms with Gasteiger partial charge in [-0.2, -0.15) is 0 Å². The van der Waals surface area contributed by atoms with Crippen LogP contribution in [0.5, 0.6) is 17.2 Å². The van der Waals surface area contributed by atoms with E-state index in [1.54, 1.807) is 23.5 Å². The van der Waals surface area contributed by atoms with Crippen molar-refractivity contribution in [2.24, 2.45) is 0 Å². The number of aromatic nitrogens is 8. The Labute approximate surface area is 816 Å². The Balaban J connectivity index is 0.000000120. The van der Waals surface area contributed by atoms with E-state index < -0.39 is 0 Å². The predicted molar refractivity (Wildman–Crippen MR) is 536 cm³/mol. The van der Waals surface area contributed by atoms with Crippen LogP contribution in [-0.4, -0.2) is 24.1 Å². The molecule has 0 aliphatic rings. The number of imidazole rings is 2. The van der Waals surface area contributed by atoms with Gasteiger partial charge in [0.15, 0.2) is 12.4 Å². The topological polar surface area (TPSA) is 160 Å². The maximum Gasteiger partial charge on any atom is 1.00 e. The van der Waals surface area contributed by atoms with Gasteiger partial charge in [-0.1, -0.05) is 279 Å². The molecule has 0 spiro atoms. The number of pyridine rings is 3. The summed E-state index contributed by atoms with van der Waals surface area (Å²) in [7, 11) is 0. The van der Waals surface area contributed by atoms with Gasteiger partial charge >= 0.3 is 56.6 Å². The summed E-state index contributed by atoms with van der Waals surface area (Å²) in [5.74, 6) is 1.85. The fourth-order valence-electron chi connectivity index (χ4n) is 19.2. The molecule has 6 aromatic heterocycles. The van der Waals surface area contributed by atoms with Crippen molar-refractivity contribution in [3.8, 4) is 129 Å². The number of hydrogen-bond donors (Lipinski definition) is 0. The van der Waals surface area contributed by atoms with Gasteiger partial charge in [-0.15, -0.1) is 11.3 Å². The van der Waals surface area contributed by atoms with Crippen LogP contribution in [0.4, 0.5) is 0 Å². The molecule has 135 heavy (non-hydrogen) atoms. The Morgan fingerprint density at radius 2 is 0.600 bits per heavy atom. The number of para-hydroxylation sites is 8. The number of benzene rings is 20. The van der Waals surface area contributed by atoms with Gasteiger partial charge < -0.3 is 15.3 Å². The van der Waals surface area contributed by atoms with Gasteiger partial charge in [-0.25, -0.2) is 29.9 Å². The summed E-state index contributed by atoms with van der Waals surface area (Å²) in [5, 5.41) is 57.2. The van der Waals surface area contributed by atoms with Crippen LogP contribution >= 0.6 is 11.3 Å². The van der Waals surface area contributed by atoms with Crippen molar-refractivity contribution >= 4 is 141 Å². The average Bonchev–Trinajstić information content (AvgIpc) is 1.66. The molecule has 0 radical (unpaired) electrons. The standard InChI is InChI=1S/2C42H27N3O.C36H22N2OS.3Li/c46-41-36(23-20-28-10-8-24-43-40(28)41)39-34-13-5-4-9-31(34)26-32-25-30(21-22-35(32)39)27-16-18-29(19-17-27)42-44-37-14-6-7-15-38(37)45(42)33-11-2-1-3-12-33;46-39-16-8-10-28-22-24-37(43-41(28)39)40-34-13-5-4-9-31(34)26-32-25-30(21-23-35(32)40)27-17-19-29(20-18-27)42-44-36-14-6-7-15-38(36)45(42)33-11-2-1-3-12-33;39-35-30(18-15-23-7-5-19-37-34(23)35)33-28-8-2-1-6-26(28)21-27-20-25(16-17-29(27)33)22-11-13-24(14-12-22)36-38-31-9-3-4-10-32(31)40-36;;;/h2*1-26,46H;1-21,39H;;;/q;;;3*+1. The van der Waals surface area contributed by atoms with Crippen LogP contribution in [0.3, 0.4) is 0 Å². The van der Waals surface area contributed by atoms with Crippen molar-refractivity contribution in [2.75, 3.05) is 0 Å². The molecule has 0 amide bonds. The summed E-state index contributed by atoms with van der Waals surface area (Å²) in [6.45, 7) is 0. The van der Waals surface area contributed by atoms with Crippen LogP contribution in [0.15, 0.2) is 443 Å². The number of nitrogens with one attached hydrogen (secondary N) is 3. The van der Waals surface area contributed by atoms with Gasteiger partial charge in [0, 0.05) is 62.4 Å². The fraction of sp³-hybridized carbons (Fsp3) is 0. The van der Waals surface area contributed by atoms with Gasteiger partial charge in [0.25, 0.3) is 0 Å². The van der Waals surface area contributed by atoms with E-state index in [0.29, 0.717) is 27.7 Å². The minimum atomic E-state index is -0.00559. The van der Waals surface area contributed by atoms with Gasteiger partial charge in [0.2, 0.25) is 22.2 Å². The van der Waals surface area contributed by atoms with Crippen molar-refractivity contribution in [1.29, 1.82) is 0 Å². The van der Waals surface area contributed by atoms with E-state index in [9.17, 15) is 15.3 Å². The number of rotatable bonds is 11. The summed E-state index contributed by atoms with van der Waals surface area (Å²) in [6.07, 6.45) is 3.62. The molecule has 0 aliphatic heterocycles. The van der Waals surface area contributed by atoms with Gasteiger partial charge in [-0.05, 0) is 271 Å². The van der Waals surface area contributed by atoms with Crippen LogP contribution in [0.1, 0.15) is 0 Å². The molecule has 15 heteroatoms. The molecule has 620 valence electrons. The zero-order chi connectivity index (χ0) is 87.9. The molecule has 6 heterocycles. The van der Waals surface area contributed by atoms with E-state index >= 15 is 0 Å². The van der Waals surface area contributed by atoms with Crippen LogP contribution in [0, 0.1) is 0 Å². The Morgan fingerprint density at radius 3 is 1.07 bits per heavy atom. The van der Waals surface area contributed by atoms with Crippen LogP contribution < -0.4 is 86.9 Å². The van der Waals surface area contributed by atoms with E-state index in [1.807, 2.05) is 116 Å². The van der Waals surface area contributed by atoms with Gasteiger partial charge in [-0.3, -0.25) is 9.13 Å². The Morgan fingerprint density at radius 1 is 0.244 bits per heavy atom. The molecule has 0 atom stereocenters. The first-order valence-electron chi connectivity index (χ1n) is 44.1. The second kappa shape index (κ2) is 36.4. The molecule has 3 N–H and O–H groups in total. The minimum Gasteiger partial charge on any atom is -0.868 e. The van der Waals surface area contributed by atoms with E-state index in [-0.39, 0.29) is 73.8 Å². The number of thiazole rings is 1. The maximum atomic E-state index is 13.8. The number of hydrogen-bond acceptors (Lipinski definition) is 7. The Bertz CT molecular complexity index is 9040. The third-order valence-electron chi connectivity index (χ3n) is 25.6. The van der Waals surface area contributed by atoms with Crippen LogP contribution in [0.25, 0.3) is 241 Å². The smallest absolute Gasteiger partial charge is 0.868 e. The third-order valence-corrected chi connectivity index (χ3v) is 26.7. The molecule has 0 saturated heterocycles. The Kier molecular flexibility index (Phi) is 23.2. The second-order valence-corrected chi connectivity index (χ2v) is 34.4. The number of nitrogens with zero attached hydrogens (tertiary/aromatic N) is 5. The van der Waals surface area contributed by atoms with E-state index in [2.05, 4.69) is 340 Å². The van der Waals surface area contributed by atoms with Crippen molar-refractivity contribution in [2.45, 2.75) is 0 Å². The van der Waals surface area contributed by atoms with Crippen molar-refractivity contribution in [3.05, 3.63) is 443 Å². The predicted octanol–water partition coefficient (Wildman–Crippen LogP) is 18.4. The SMILES string of the molecule is [Li+].[Li+].[Li+].[O-]c1c(-c2c3ccccc3cc3cc(-c4ccc(-c5nc6ccccc6n5-c5ccccc5)cc4)ccc23)ccc2ccc[nH+]c12.[O-]c1c(-c2c3ccccc3cc3cc(-c4ccc(-c5nc6ccccc6s5)cc4)ccc23)ccc2ccc[nH+]c12.[O-]c1cccc2ccc(-c3c4ccccc4cc4cc(-c5ccc(-c6nc7ccccc7n6-c6ccccc6)cc5)ccc34)[nH+]c12. The van der Waals surface area contributed by atoms with Crippen LogP contribution in [0.2, 0.25) is 0 Å². The van der Waals surface area contributed by atoms with E-state index in [1.165, 1.54) is 4.70 Å². The molecular weight excluding hydrogens is 1650 g/mol. The third kappa shape index (κ3) is 15.8. The normalized spacial score (nSPS) is 11.3. The molecule has 26 aromatic rings. The molecule has 0 aliphatic carbocycles. The molecule has 26 rings (SSSR count). The quantitative estimate of drug-likeness (QED) is 0.0925. The first-order valence-corrected chi connectivity index (χ1v) is 44.9. The maximum absolute atomic E-state index is 13.8. The molecule has 20 aromatic carbocycles. The van der Waals surface area contributed by atoms with Crippen LogP contribution in [-0.2, 0) is 0 Å². The molecule has 0 saturated carbocycles. The van der Waals surface area contributed by atoms with Gasteiger partial charge in [0.1, 0.15) is 16.7 Å². The van der Waals surface area contributed by atoms with E-state index in [4.69, 9.17) is 15.0 Å². The first-order chi connectivity index (χ1) is 65.2. The fourth-order valence-corrected chi connectivity index (χ4v) is 20.2. The molecule has 0 fully saturated rings. The first kappa shape index (κ1) is 86.0. The molecule has 0 bridgehead atoms. The summed E-state index contributed by atoms with van der Waals surface area (Å²) in [5.41, 5.74) is 24.6. The monoisotopic (exact) mass is 1730 g/mol. The van der Waals surface area contributed by atoms with Crippen molar-refractivity contribution in [3.63, 3.8) is 0 Å². The minimum absolute atomic E-state index is 0. The molecular formula is C120H76Li3N8O3S+3. The summed E-state index contributed by atoms with van der Waals surface area (Å²) < 4.78 is 5.65.